The highest BCUT2D eigenvalue weighted by Crippen LogP contribution is 2.56. The number of carbonyl (C=O) groups excluding carboxylic acids is 4. The summed E-state index contributed by atoms with van der Waals surface area (Å²) in [7, 11) is 0. The number of halogens is 2. The van der Waals surface area contributed by atoms with Crippen LogP contribution in [0, 0.1) is 33.8 Å². The largest absolute Gasteiger partial charge is 0.292 e. The van der Waals surface area contributed by atoms with Crippen molar-refractivity contribution in [2.75, 3.05) is 6.54 Å². The van der Waals surface area contributed by atoms with E-state index in [9.17, 15) is 29.3 Å². The predicted octanol–water partition coefficient (Wildman–Crippen LogP) is 4.17. The molecule has 35 heavy (non-hydrogen) atoms. The van der Waals surface area contributed by atoms with E-state index in [0.717, 1.165) is 29.3 Å². The van der Waals surface area contributed by atoms with E-state index in [4.69, 9.17) is 23.2 Å². The molecule has 0 spiro atoms. The number of benzene rings is 2. The van der Waals surface area contributed by atoms with Crippen LogP contribution >= 0.6 is 23.2 Å². The van der Waals surface area contributed by atoms with Crippen LogP contribution in [0.5, 0.6) is 0 Å². The summed E-state index contributed by atoms with van der Waals surface area (Å²) in [6.07, 6.45) is 2.54. The number of carbonyl (C=O) groups is 4. The van der Waals surface area contributed by atoms with E-state index >= 15 is 0 Å². The van der Waals surface area contributed by atoms with Crippen molar-refractivity contribution in [1.29, 1.82) is 0 Å². The zero-order chi connectivity index (χ0) is 25.0. The van der Waals surface area contributed by atoms with Crippen LogP contribution < -0.4 is 0 Å². The van der Waals surface area contributed by atoms with Gasteiger partial charge < -0.3 is 0 Å². The minimum absolute atomic E-state index is 0.00893. The number of hydrogen-bond acceptors (Lipinski definition) is 6. The fourth-order valence-electron chi connectivity index (χ4n) is 5.66. The predicted molar refractivity (Wildman–Crippen MR) is 125 cm³/mol. The van der Waals surface area contributed by atoms with Gasteiger partial charge in [-0.1, -0.05) is 23.2 Å². The SMILES string of the molecule is O=C(CN(C(=O)c1ccc(Cl)cc1Cl)N1C(=O)[C@H]2[C@H]3CC[C@@H](C3)[C@@H]2C1=O)c1ccc([N+](=O)[O-])cc1. The number of hydrogen-bond donors (Lipinski definition) is 0. The van der Waals surface area contributed by atoms with Crippen LogP contribution in [0.1, 0.15) is 40.0 Å². The summed E-state index contributed by atoms with van der Waals surface area (Å²) in [5, 5.41) is 12.9. The molecule has 0 unspecified atom stereocenters. The lowest BCUT2D eigenvalue weighted by Crippen LogP contribution is -2.52. The van der Waals surface area contributed by atoms with Crippen LogP contribution in [-0.4, -0.2) is 45.0 Å². The smallest absolute Gasteiger partial charge is 0.274 e. The molecule has 2 aromatic rings. The van der Waals surface area contributed by atoms with Gasteiger partial charge in [0, 0.05) is 22.7 Å². The summed E-state index contributed by atoms with van der Waals surface area (Å²) >= 11 is 12.2. The number of amides is 3. The van der Waals surface area contributed by atoms with Crippen LogP contribution in [0.25, 0.3) is 0 Å². The lowest BCUT2D eigenvalue weighted by molar-refractivity contribution is -0.384. The topological polar surface area (TPSA) is 118 Å². The molecule has 3 amide bonds. The molecular formula is C24H19Cl2N3O6. The fourth-order valence-corrected chi connectivity index (χ4v) is 6.15. The second-order valence-electron chi connectivity index (χ2n) is 9.09. The summed E-state index contributed by atoms with van der Waals surface area (Å²) in [6, 6.07) is 9.04. The quantitative estimate of drug-likeness (QED) is 0.246. The van der Waals surface area contributed by atoms with E-state index in [1.165, 1.54) is 42.5 Å². The average Bonchev–Trinajstić information content (AvgIpc) is 3.51. The Balaban J connectivity index is 1.50. The fraction of sp³-hybridized carbons (Fsp3) is 0.333. The summed E-state index contributed by atoms with van der Waals surface area (Å²) in [5.41, 5.74) is -0.126. The minimum atomic E-state index is -0.795. The second-order valence-corrected chi connectivity index (χ2v) is 9.93. The number of Topliss-reactive ketones (excluding diaryl/α,β-unsaturated/α-hetero) is 1. The molecule has 4 atom stereocenters. The molecule has 1 heterocycles. The maximum atomic E-state index is 13.6. The zero-order valence-corrected chi connectivity index (χ0v) is 19.7. The van der Waals surface area contributed by atoms with Crippen LogP contribution in [0.3, 0.4) is 0 Å². The van der Waals surface area contributed by atoms with Gasteiger partial charge in [0.15, 0.2) is 5.78 Å². The molecule has 2 aliphatic carbocycles. The Bertz CT molecular complexity index is 1250. The molecule has 0 aromatic heterocycles. The average molecular weight is 516 g/mol. The highest BCUT2D eigenvalue weighted by molar-refractivity contribution is 6.36. The number of nitro groups is 1. The maximum Gasteiger partial charge on any atom is 0.274 e. The van der Waals surface area contributed by atoms with Gasteiger partial charge in [-0.15, -0.1) is 0 Å². The first-order valence-corrected chi connectivity index (χ1v) is 11.8. The summed E-state index contributed by atoms with van der Waals surface area (Å²) in [4.78, 5) is 63.8. The molecule has 2 bridgehead atoms. The molecule has 5 rings (SSSR count). The highest BCUT2D eigenvalue weighted by atomic mass is 35.5. The molecule has 11 heteroatoms. The Hall–Kier alpha value is -3.30. The molecule has 2 saturated carbocycles. The van der Waals surface area contributed by atoms with Gasteiger partial charge >= 0.3 is 0 Å². The van der Waals surface area contributed by atoms with Gasteiger partial charge in [0.1, 0.15) is 6.54 Å². The van der Waals surface area contributed by atoms with Crippen LogP contribution in [0.15, 0.2) is 42.5 Å². The second kappa shape index (κ2) is 8.73. The zero-order valence-electron chi connectivity index (χ0n) is 18.2. The third-order valence-corrected chi connectivity index (χ3v) is 7.78. The molecular weight excluding hydrogens is 497 g/mol. The van der Waals surface area contributed by atoms with E-state index in [-0.39, 0.29) is 33.7 Å². The van der Waals surface area contributed by atoms with Crippen LogP contribution in [-0.2, 0) is 9.59 Å². The van der Waals surface area contributed by atoms with Gasteiger partial charge in [-0.2, -0.15) is 5.01 Å². The number of nitro benzene ring substituents is 1. The monoisotopic (exact) mass is 515 g/mol. The lowest BCUT2D eigenvalue weighted by Gasteiger charge is -2.31. The van der Waals surface area contributed by atoms with Crippen molar-refractivity contribution in [3.8, 4) is 0 Å². The summed E-state index contributed by atoms with van der Waals surface area (Å²) in [5.74, 6) is -3.17. The Morgan fingerprint density at radius 2 is 1.60 bits per heavy atom. The summed E-state index contributed by atoms with van der Waals surface area (Å²) in [6.45, 7) is -0.623. The molecule has 1 saturated heterocycles. The van der Waals surface area contributed by atoms with Crippen molar-refractivity contribution in [2.24, 2.45) is 23.7 Å². The Labute approximate surface area is 209 Å². The van der Waals surface area contributed by atoms with E-state index in [0.29, 0.717) is 5.02 Å². The first kappa shape index (κ1) is 23.4. The van der Waals surface area contributed by atoms with Gasteiger partial charge in [0.2, 0.25) is 0 Å². The Kier molecular flexibility index (Phi) is 5.85. The number of nitrogens with zero attached hydrogens (tertiary/aromatic N) is 3. The van der Waals surface area contributed by atoms with Crippen molar-refractivity contribution in [3.05, 3.63) is 73.8 Å². The number of hydrazine groups is 1. The van der Waals surface area contributed by atoms with E-state index in [1.807, 2.05) is 0 Å². The molecule has 3 fully saturated rings. The van der Waals surface area contributed by atoms with Gasteiger partial charge in [0.05, 0.1) is 27.3 Å². The third-order valence-electron chi connectivity index (χ3n) is 7.24. The number of non-ortho nitro benzene ring substituents is 1. The highest BCUT2D eigenvalue weighted by Gasteiger charge is 2.62. The molecule has 0 radical (unpaired) electrons. The first-order chi connectivity index (χ1) is 16.7. The van der Waals surface area contributed by atoms with Gasteiger partial charge in [-0.3, -0.25) is 29.3 Å². The van der Waals surface area contributed by atoms with Crippen LogP contribution in [0.2, 0.25) is 10.0 Å². The number of fused-ring (bicyclic) bond motifs is 5. The minimum Gasteiger partial charge on any atom is -0.292 e. The van der Waals surface area contributed by atoms with Gasteiger partial charge in [0.25, 0.3) is 23.4 Å². The molecule has 1 aliphatic heterocycles. The van der Waals surface area contributed by atoms with Crippen molar-refractivity contribution in [1.82, 2.24) is 10.0 Å². The first-order valence-electron chi connectivity index (χ1n) is 11.1. The van der Waals surface area contributed by atoms with E-state index in [2.05, 4.69) is 0 Å². The molecule has 180 valence electrons. The lowest BCUT2D eigenvalue weighted by atomic mass is 9.81. The van der Waals surface area contributed by atoms with Crippen molar-refractivity contribution in [3.63, 3.8) is 0 Å². The van der Waals surface area contributed by atoms with E-state index in [1.54, 1.807) is 0 Å². The number of imide groups is 1. The third kappa shape index (κ3) is 3.88. The Morgan fingerprint density at radius 1 is 1.00 bits per heavy atom. The van der Waals surface area contributed by atoms with Crippen molar-refractivity contribution in [2.45, 2.75) is 19.3 Å². The standard InChI is InChI=1S/C24H19Cl2N3O6/c25-15-5-8-17(18(26)10-15)22(31)27(11-19(30)12-3-6-16(7-4-12)29(34)35)28-23(32)20-13-1-2-14(9-13)21(20)24(28)33/h3-8,10,13-14,20-21H,1-2,9,11H2/t13-,14-,20-,21-/m0/s1. The van der Waals surface area contributed by atoms with Crippen molar-refractivity contribution >= 4 is 52.4 Å². The maximum absolute atomic E-state index is 13.6. The van der Waals surface area contributed by atoms with Crippen molar-refractivity contribution < 1.29 is 24.1 Å². The molecule has 2 aromatic carbocycles. The molecule has 0 N–H and O–H groups in total. The Morgan fingerprint density at radius 3 is 2.14 bits per heavy atom. The number of ketones is 1. The summed E-state index contributed by atoms with van der Waals surface area (Å²) < 4.78 is 0. The van der Waals surface area contributed by atoms with E-state index < -0.39 is 46.8 Å². The molecule has 3 aliphatic rings. The van der Waals surface area contributed by atoms with Crippen LogP contribution in [0.4, 0.5) is 5.69 Å². The number of rotatable bonds is 6. The van der Waals surface area contributed by atoms with Gasteiger partial charge in [-0.25, -0.2) is 5.01 Å². The van der Waals surface area contributed by atoms with Gasteiger partial charge in [-0.05, 0) is 61.4 Å². The molecule has 9 nitrogen and oxygen atoms in total. The normalized spacial score (nSPS) is 24.6.